The van der Waals surface area contributed by atoms with Crippen molar-refractivity contribution in [3.05, 3.63) is 350 Å². The van der Waals surface area contributed by atoms with E-state index in [2.05, 4.69) is 374 Å². The number of unbranched alkanes of at least 4 members (excludes halogenated alkanes) is 10. The van der Waals surface area contributed by atoms with Crippen LogP contribution in [0.15, 0.2) is 328 Å². The van der Waals surface area contributed by atoms with E-state index in [0.717, 1.165) is 12.8 Å². The van der Waals surface area contributed by atoms with Crippen LogP contribution in [0, 0.1) is 13.8 Å². The van der Waals surface area contributed by atoms with Crippen molar-refractivity contribution in [2.75, 3.05) is 0 Å². The number of benzene rings is 15. The molecule has 19 aromatic rings. The van der Waals surface area contributed by atoms with Crippen LogP contribution >= 0.6 is 0 Å². The Hall–Kier alpha value is -12.5. The molecule has 4 heterocycles. The first-order chi connectivity index (χ1) is 55.8. The lowest BCUT2D eigenvalue weighted by Gasteiger charge is -2.33. The predicted molar refractivity (Wildman–Crippen MR) is 483 cm³/mol. The lowest BCUT2D eigenvalue weighted by atomic mass is 9.70. The van der Waals surface area contributed by atoms with Crippen LogP contribution in [0.5, 0.6) is 0 Å². The minimum atomic E-state index is -0.196. The largest absolute Gasteiger partial charge is 0.309 e. The second kappa shape index (κ2) is 29.3. The molecule has 0 fully saturated rings. The van der Waals surface area contributed by atoms with Gasteiger partial charge in [0.2, 0.25) is 0 Å². The number of aromatic nitrogens is 4. The molecule has 0 saturated heterocycles. The molecule has 0 amide bonds. The topological polar surface area (TPSA) is 19.7 Å². The second-order valence-electron chi connectivity index (χ2n) is 32.2. The maximum Gasteiger partial charge on any atom is 0.0544 e. The van der Waals surface area contributed by atoms with E-state index < -0.39 is 0 Å². The summed E-state index contributed by atoms with van der Waals surface area (Å²) < 4.78 is 10.0. The molecule has 0 atom stereocenters. The van der Waals surface area contributed by atoms with Crippen molar-refractivity contribution in [3.8, 4) is 89.5 Å². The van der Waals surface area contributed by atoms with Crippen LogP contribution < -0.4 is 0 Å². The van der Waals surface area contributed by atoms with Gasteiger partial charge in [0, 0.05) is 71.1 Å². The zero-order chi connectivity index (χ0) is 75.7. The lowest BCUT2D eigenvalue weighted by molar-refractivity contribution is 0.398. The summed E-state index contributed by atoms with van der Waals surface area (Å²) in [5, 5.41) is 9.95. The first-order valence-electron chi connectivity index (χ1n) is 41.7. The minimum Gasteiger partial charge on any atom is -0.309 e. The molecule has 4 aromatic heterocycles. The number of nitrogens with zero attached hydrogens (tertiary/aromatic N) is 4. The third-order valence-electron chi connectivity index (χ3n) is 25.4. The highest BCUT2D eigenvalue weighted by molar-refractivity contribution is 6.15. The van der Waals surface area contributed by atoms with Gasteiger partial charge in [-0.1, -0.05) is 303 Å². The van der Waals surface area contributed by atoms with Crippen molar-refractivity contribution in [3.63, 3.8) is 0 Å². The molecular formula is C109H94N4. The standard InChI is InChI=1S/C109H94N4/c1-5-7-9-11-13-29-63-109(64-30-14-12-10-8-6-2)97-70-82(77-49-47-76(48-50-77)75-45-43-73(3)44-46-75)51-57-86(97)87-58-52-83(71-98(87)109)92-72-107(112-101-41-27-23-37-90(101)95-68-80(55-61-105(95)112)78-53-59-103-93(66-78)88-35-21-25-39-99(88)110(103)84-31-17-15-18-32-84)74(4)65-108(92)113-102-42-28-24-38-91(102)96-69-81(56-62-106(96)113)79-54-60-104-94(67-79)89-36-22-26-40-100(89)111(104)85-33-19-16-20-34-85/h15-28,31-62,65-72H,5-14,29-30,63-64H2,1-4H3. The van der Waals surface area contributed by atoms with Crippen molar-refractivity contribution < 1.29 is 0 Å². The molecule has 20 rings (SSSR count). The number of hydrogen-bond acceptors (Lipinski definition) is 0. The average molecular weight is 1460 g/mol. The summed E-state index contributed by atoms with van der Waals surface area (Å²) in [4.78, 5) is 0. The highest BCUT2D eigenvalue weighted by Crippen LogP contribution is 2.57. The average Bonchev–Trinajstić information content (AvgIpc) is 1.56. The van der Waals surface area contributed by atoms with Crippen molar-refractivity contribution in [1.82, 2.24) is 18.3 Å². The molecule has 0 unspecified atom stereocenters. The Kier molecular flexibility index (Phi) is 18.1. The molecule has 4 nitrogen and oxygen atoms in total. The van der Waals surface area contributed by atoms with E-state index in [1.165, 1.54) is 276 Å². The molecule has 1 aliphatic rings. The zero-order valence-electron chi connectivity index (χ0n) is 65.4. The van der Waals surface area contributed by atoms with Crippen LogP contribution in [-0.2, 0) is 5.41 Å². The Balaban J connectivity index is 0.779. The van der Waals surface area contributed by atoms with E-state index >= 15 is 0 Å². The molecule has 1 aliphatic carbocycles. The van der Waals surface area contributed by atoms with Gasteiger partial charge >= 0.3 is 0 Å². The Labute approximate surface area is 663 Å². The SMILES string of the molecule is CCCCCCCCC1(CCCCCCCC)c2cc(-c3ccc(-c4ccc(C)cc4)cc3)ccc2-c2ccc(-c3cc(-n4c5ccccc5c5cc(-c6ccc7c(c6)c6ccccc6n7-c6ccccc6)ccc54)c(C)cc3-n3c4ccccc4c4cc(-c5ccc6c(c5)c5ccccc5n6-c5ccccc5)ccc43)cc21. The number of aryl methyl sites for hydroxylation is 2. The van der Waals surface area contributed by atoms with Crippen LogP contribution in [0.2, 0.25) is 0 Å². The fourth-order valence-electron chi connectivity index (χ4n) is 19.7. The van der Waals surface area contributed by atoms with Crippen molar-refractivity contribution in [2.45, 2.75) is 123 Å². The van der Waals surface area contributed by atoms with Gasteiger partial charge in [-0.05, 0) is 226 Å². The first-order valence-corrected chi connectivity index (χ1v) is 41.7. The highest BCUT2D eigenvalue weighted by Gasteiger charge is 2.43. The van der Waals surface area contributed by atoms with Gasteiger partial charge in [0.1, 0.15) is 0 Å². The summed E-state index contributed by atoms with van der Waals surface area (Å²) in [6.07, 6.45) is 17.3. The third-order valence-corrected chi connectivity index (χ3v) is 25.4. The molecule has 0 aliphatic heterocycles. The Morgan fingerprint density at radius 1 is 0.221 bits per heavy atom. The van der Waals surface area contributed by atoms with Gasteiger partial charge in [0.25, 0.3) is 0 Å². The van der Waals surface area contributed by atoms with E-state index in [1.54, 1.807) is 0 Å². The van der Waals surface area contributed by atoms with Crippen LogP contribution in [0.1, 0.15) is 126 Å². The van der Waals surface area contributed by atoms with Gasteiger partial charge < -0.3 is 18.3 Å². The Morgan fingerprint density at radius 3 is 0.965 bits per heavy atom. The fraction of sp³-hybridized carbons (Fsp3) is 0.174. The molecular weight excluding hydrogens is 1370 g/mol. The monoisotopic (exact) mass is 1460 g/mol. The van der Waals surface area contributed by atoms with Gasteiger partial charge in [-0.3, -0.25) is 0 Å². The highest BCUT2D eigenvalue weighted by atomic mass is 15.0. The molecule has 113 heavy (non-hydrogen) atoms. The van der Waals surface area contributed by atoms with Crippen LogP contribution in [0.4, 0.5) is 0 Å². The Morgan fingerprint density at radius 2 is 0.531 bits per heavy atom. The summed E-state index contributed by atoms with van der Waals surface area (Å²) in [5.74, 6) is 0. The minimum absolute atomic E-state index is 0.196. The molecule has 0 radical (unpaired) electrons. The van der Waals surface area contributed by atoms with E-state index in [4.69, 9.17) is 0 Å². The summed E-state index contributed by atoms with van der Waals surface area (Å²) in [6, 6.07) is 125. The molecule has 4 heteroatoms. The number of fused-ring (bicyclic) bond motifs is 15. The summed E-state index contributed by atoms with van der Waals surface area (Å²) in [7, 11) is 0. The van der Waals surface area contributed by atoms with Crippen molar-refractivity contribution >= 4 is 87.2 Å². The van der Waals surface area contributed by atoms with Crippen LogP contribution in [0.25, 0.3) is 177 Å². The summed E-state index contributed by atoms with van der Waals surface area (Å²) in [5.41, 5.74) is 34.7. The van der Waals surface area contributed by atoms with E-state index in [0.29, 0.717) is 0 Å². The summed E-state index contributed by atoms with van der Waals surface area (Å²) >= 11 is 0. The maximum absolute atomic E-state index is 2.71. The zero-order valence-corrected chi connectivity index (χ0v) is 65.4. The van der Waals surface area contributed by atoms with Crippen molar-refractivity contribution in [1.29, 1.82) is 0 Å². The molecule has 0 bridgehead atoms. The summed E-state index contributed by atoms with van der Waals surface area (Å²) in [6.45, 7) is 9.21. The maximum atomic E-state index is 2.71. The molecule has 550 valence electrons. The molecule has 0 N–H and O–H groups in total. The van der Waals surface area contributed by atoms with Gasteiger partial charge in [-0.25, -0.2) is 0 Å². The van der Waals surface area contributed by atoms with Crippen LogP contribution in [0.3, 0.4) is 0 Å². The Bertz CT molecular complexity index is 6820. The molecule has 0 spiro atoms. The van der Waals surface area contributed by atoms with Gasteiger partial charge in [0.05, 0.1) is 49.8 Å². The second-order valence-corrected chi connectivity index (χ2v) is 32.2. The van der Waals surface area contributed by atoms with Crippen molar-refractivity contribution in [2.24, 2.45) is 0 Å². The van der Waals surface area contributed by atoms with Gasteiger partial charge in [0.15, 0.2) is 0 Å². The van der Waals surface area contributed by atoms with Crippen LogP contribution in [-0.4, -0.2) is 18.3 Å². The number of rotatable bonds is 23. The number of para-hydroxylation sites is 6. The predicted octanol–water partition coefficient (Wildman–Crippen LogP) is 30.8. The number of hydrogen-bond donors (Lipinski definition) is 0. The quantitative estimate of drug-likeness (QED) is 0.0569. The van der Waals surface area contributed by atoms with E-state index in [-0.39, 0.29) is 5.41 Å². The third kappa shape index (κ3) is 12.1. The first kappa shape index (κ1) is 69.7. The lowest BCUT2D eigenvalue weighted by Crippen LogP contribution is -2.25. The van der Waals surface area contributed by atoms with Gasteiger partial charge in [-0.15, -0.1) is 0 Å². The fourth-order valence-corrected chi connectivity index (χ4v) is 19.7. The molecule has 0 saturated carbocycles. The smallest absolute Gasteiger partial charge is 0.0544 e. The van der Waals surface area contributed by atoms with E-state index in [1.807, 2.05) is 0 Å². The molecule has 15 aromatic carbocycles. The van der Waals surface area contributed by atoms with E-state index in [9.17, 15) is 0 Å². The van der Waals surface area contributed by atoms with Gasteiger partial charge in [-0.2, -0.15) is 0 Å². The normalized spacial score (nSPS) is 12.6.